The average molecular weight is 386 g/mol. The van der Waals surface area contributed by atoms with E-state index in [4.69, 9.17) is 0 Å². The van der Waals surface area contributed by atoms with E-state index in [1.54, 1.807) is 36.4 Å². The average Bonchev–Trinajstić information content (AvgIpc) is 3.11. The molecular formula is C19H19FN4O2S. The standard InChI is InChI=1S/C19H19FN4O2S/c1-13(2)14-5-9-18(10-6-14)27(25,26)24-22-12-16-11-21-23-19(16)15-3-7-17(20)8-4-15/h3-13,24H,1-2H3,(H,21,23). The van der Waals surface area contributed by atoms with E-state index in [1.165, 1.54) is 24.5 Å². The molecule has 8 heteroatoms. The maximum atomic E-state index is 13.1. The minimum absolute atomic E-state index is 0.134. The van der Waals surface area contributed by atoms with Gasteiger partial charge in [-0.1, -0.05) is 26.0 Å². The number of hydrogen-bond donors (Lipinski definition) is 2. The molecule has 140 valence electrons. The molecule has 6 nitrogen and oxygen atoms in total. The molecule has 0 spiro atoms. The van der Waals surface area contributed by atoms with Crippen molar-refractivity contribution in [2.45, 2.75) is 24.7 Å². The summed E-state index contributed by atoms with van der Waals surface area (Å²) in [7, 11) is -3.77. The first-order chi connectivity index (χ1) is 12.9. The van der Waals surface area contributed by atoms with E-state index in [0.717, 1.165) is 5.56 Å². The molecule has 1 heterocycles. The minimum atomic E-state index is -3.77. The largest absolute Gasteiger partial charge is 0.277 e. The molecule has 3 rings (SSSR count). The van der Waals surface area contributed by atoms with Gasteiger partial charge >= 0.3 is 0 Å². The molecule has 0 aliphatic heterocycles. The van der Waals surface area contributed by atoms with Crippen molar-refractivity contribution in [3.05, 3.63) is 71.7 Å². The highest BCUT2D eigenvalue weighted by molar-refractivity contribution is 7.89. The number of aromatic amines is 1. The molecular weight excluding hydrogens is 367 g/mol. The summed E-state index contributed by atoms with van der Waals surface area (Å²) in [5, 5.41) is 10.6. The van der Waals surface area contributed by atoms with Crippen LogP contribution in [0.5, 0.6) is 0 Å². The van der Waals surface area contributed by atoms with Gasteiger partial charge in [-0.25, -0.2) is 9.22 Å². The van der Waals surface area contributed by atoms with Crippen LogP contribution in [-0.2, 0) is 10.0 Å². The van der Waals surface area contributed by atoms with Crippen LogP contribution >= 0.6 is 0 Å². The van der Waals surface area contributed by atoms with E-state index in [9.17, 15) is 12.8 Å². The van der Waals surface area contributed by atoms with Gasteiger partial charge in [-0.2, -0.15) is 18.6 Å². The lowest BCUT2D eigenvalue weighted by molar-refractivity contribution is 0.584. The van der Waals surface area contributed by atoms with E-state index in [1.807, 2.05) is 13.8 Å². The molecule has 1 aromatic heterocycles. The molecule has 0 radical (unpaired) electrons. The van der Waals surface area contributed by atoms with Gasteiger partial charge in [0.2, 0.25) is 0 Å². The van der Waals surface area contributed by atoms with Gasteiger partial charge in [0, 0.05) is 11.1 Å². The highest BCUT2D eigenvalue weighted by atomic mass is 32.2. The van der Waals surface area contributed by atoms with Crippen molar-refractivity contribution in [1.29, 1.82) is 0 Å². The molecule has 0 amide bonds. The van der Waals surface area contributed by atoms with Crippen LogP contribution in [0.2, 0.25) is 0 Å². The molecule has 2 aromatic carbocycles. The zero-order chi connectivity index (χ0) is 19.4. The zero-order valence-corrected chi connectivity index (χ0v) is 15.7. The molecule has 27 heavy (non-hydrogen) atoms. The molecule has 2 N–H and O–H groups in total. The maximum absolute atomic E-state index is 13.1. The van der Waals surface area contributed by atoms with Gasteiger partial charge in [0.25, 0.3) is 10.0 Å². The summed E-state index contributed by atoms with van der Waals surface area (Å²) in [5.74, 6) is -0.0246. The van der Waals surface area contributed by atoms with Crippen molar-refractivity contribution in [3.8, 4) is 11.3 Å². The van der Waals surface area contributed by atoms with Gasteiger partial charge in [-0.05, 0) is 47.9 Å². The van der Waals surface area contributed by atoms with Gasteiger partial charge in [-0.3, -0.25) is 5.10 Å². The lowest BCUT2D eigenvalue weighted by Crippen LogP contribution is -2.18. The topological polar surface area (TPSA) is 87.2 Å². The third kappa shape index (κ3) is 4.40. The Morgan fingerprint density at radius 3 is 2.41 bits per heavy atom. The first-order valence-electron chi connectivity index (χ1n) is 8.31. The number of halogens is 1. The lowest BCUT2D eigenvalue weighted by Gasteiger charge is -2.07. The Morgan fingerprint density at radius 2 is 1.78 bits per heavy atom. The molecule has 0 atom stereocenters. The van der Waals surface area contributed by atoms with Crippen molar-refractivity contribution in [2.75, 3.05) is 0 Å². The second-order valence-corrected chi connectivity index (χ2v) is 7.94. The van der Waals surface area contributed by atoms with Crippen LogP contribution in [-0.4, -0.2) is 24.8 Å². The Labute approximate surface area is 157 Å². The van der Waals surface area contributed by atoms with E-state index in [0.29, 0.717) is 22.7 Å². The second-order valence-electron chi connectivity index (χ2n) is 6.28. The van der Waals surface area contributed by atoms with Crippen molar-refractivity contribution in [3.63, 3.8) is 0 Å². The summed E-state index contributed by atoms with van der Waals surface area (Å²) in [4.78, 5) is 2.32. The molecule has 0 saturated carbocycles. The predicted octanol–water partition coefficient (Wildman–Crippen LogP) is 3.65. The predicted molar refractivity (Wildman–Crippen MR) is 102 cm³/mol. The quantitative estimate of drug-likeness (QED) is 0.501. The number of nitrogens with one attached hydrogen (secondary N) is 2. The fourth-order valence-corrected chi connectivity index (χ4v) is 3.28. The summed E-state index contributed by atoms with van der Waals surface area (Å²) >= 11 is 0. The molecule has 0 fully saturated rings. The number of rotatable bonds is 6. The van der Waals surface area contributed by atoms with Crippen LogP contribution in [0, 0.1) is 5.82 Å². The lowest BCUT2D eigenvalue weighted by atomic mass is 10.0. The normalized spacial score (nSPS) is 12.0. The smallest absolute Gasteiger partial charge is 0.276 e. The molecule has 0 aliphatic carbocycles. The Bertz CT molecular complexity index is 1040. The first-order valence-corrected chi connectivity index (χ1v) is 9.79. The van der Waals surface area contributed by atoms with Gasteiger partial charge in [0.05, 0.1) is 23.0 Å². The van der Waals surface area contributed by atoms with Crippen LogP contribution in [0.1, 0.15) is 30.9 Å². The third-order valence-electron chi connectivity index (χ3n) is 4.04. The third-order valence-corrected chi connectivity index (χ3v) is 5.27. The first kappa shape index (κ1) is 18.8. The van der Waals surface area contributed by atoms with Gasteiger partial charge < -0.3 is 0 Å². The number of aromatic nitrogens is 2. The number of hydrazone groups is 1. The van der Waals surface area contributed by atoms with E-state index in [2.05, 4.69) is 20.1 Å². The maximum Gasteiger partial charge on any atom is 0.276 e. The number of nitrogens with zero attached hydrogens (tertiary/aromatic N) is 2. The zero-order valence-electron chi connectivity index (χ0n) is 14.8. The van der Waals surface area contributed by atoms with E-state index < -0.39 is 10.0 Å². The summed E-state index contributed by atoms with van der Waals surface area (Å²) in [6.07, 6.45) is 2.86. The molecule has 0 bridgehead atoms. The number of benzene rings is 2. The van der Waals surface area contributed by atoms with Crippen molar-refractivity contribution in [1.82, 2.24) is 15.0 Å². The molecule has 3 aromatic rings. The van der Waals surface area contributed by atoms with Crippen molar-refractivity contribution < 1.29 is 12.8 Å². The number of hydrogen-bond acceptors (Lipinski definition) is 4. The monoisotopic (exact) mass is 386 g/mol. The summed E-state index contributed by atoms with van der Waals surface area (Å²) in [6.45, 7) is 4.07. The minimum Gasteiger partial charge on any atom is -0.277 e. The molecule has 0 aliphatic rings. The Morgan fingerprint density at radius 1 is 1.11 bits per heavy atom. The van der Waals surface area contributed by atoms with Crippen LogP contribution in [0.4, 0.5) is 4.39 Å². The fraction of sp³-hybridized carbons (Fsp3) is 0.158. The highest BCUT2D eigenvalue weighted by Crippen LogP contribution is 2.20. The SMILES string of the molecule is CC(C)c1ccc(S(=O)(=O)NN=Cc2cn[nH]c2-c2ccc(F)cc2)cc1. The van der Waals surface area contributed by atoms with Gasteiger partial charge in [0.1, 0.15) is 5.82 Å². The Kier molecular flexibility index (Phi) is 5.36. The molecule has 0 saturated heterocycles. The van der Waals surface area contributed by atoms with Gasteiger partial charge in [0.15, 0.2) is 0 Å². The number of H-pyrrole nitrogens is 1. The van der Waals surface area contributed by atoms with Crippen molar-refractivity contribution >= 4 is 16.2 Å². The summed E-state index contributed by atoms with van der Waals surface area (Å²) in [6, 6.07) is 12.5. The van der Waals surface area contributed by atoms with E-state index >= 15 is 0 Å². The summed E-state index contributed by atoms with van der Waals surface area (Å²) in [5.41, 5.74) is 2.95. The number of sulfonamides is 1. The van der Waals surface area contributed by atoms with Gasteiger partial charge in [-0.15, -0.1) is 0 Å². The fourth-order valence-electron chi connectivity index (χ4n) is 2.49. The summed E-state index contributed by atoms with van der Waals surface area (Å²) < 4.78 is 37.8. The van der Waals surface area contributed by atoms with E-state index in [-0.39, 0.29) is 10.7 Å². The Balaban J connectivity index is 1.75. The molecule has 0 unspecified atom stereocenters. The Hall–Kier alpha value is -3.00. The van der Waals surface area contributed by atoms with Crippen molar-refractivity contribution in [2.24, 2.45) is 5.10 Å². The highest BCUT2D eigenvalue weighted by Gasteiger charge is 2.13. The van der Waals surface area contributed by atoms with Crippen LogP contribution in [0.3, 0.4) is 0 Å². The second kappa shape index (κ2) is 7.71. The van der Waals surface area contributed by atoms with Crippen LogP contribution < -0.4 is 4.83 Å². The van der Waals surface area contributed by atoms with Crippen LogP contribution in [0.25, 0.3) is 11.3 Å². The van der Waals surface area contributed by atoms with Crippen LogP contribution in [0.15, 0.2) is 64.7 Å².